The van der Waals surface area contributed by atoms with Gasteiger partial charge in [0, 0.05) is 35.2 Å². The number of hydrogen-bond donors (Lipinski definition) is 1. The van der Waals surface area contributed by atoms with E-state index in [2.05, 4.69) is 47.5 Å². The molecule has 3 rings (SSSR count). The van der Waals surface area contributed by atoms with Crippen molar-refractivity contribution in [1.29, 1.82) is 0 Å². The van der Waals surface area contributed by atoms with E-state index in [0.29, 0.717) is 17.3 Å². The van der Waals surface area contributed by atoms with Crippen LogP contribution < -0.4 is 10.6 Å². The van der Waals surface area contributed by atoms with Crippen LogP contribution in [0.2, 0.25) is 5.02 Å². The molecule has 34 heavy (non-hydrogen) atoms. The van der Waals surface area contributed by atoms with Crippen LogP contribution in [0.4, 0.5) is 11.4 Å². The van der Waals surface area contributed by atoms with Gasteiger partial charge in [0.25, 0.3) is 0 Å². The van der Waals surface area contributed by atoms with Gasteiger partial charge in [0.15, 0.2) is 0 Å². The lowest BCUT2D eigenvalue weighted by Crippen LogP contribution is -2.15. The zero-order chi connectivity index (χ0) is 24.5. The van der Waals surface area contributed by atoms with Gasteiger partial charge in [0.1, 0.15) is 0 Å². The zero-order valence-electron chi connectivity index (χ0n) is 19.5. The van der Waals surface area contributed by atoms with Gasteiger partial charge in [-0.15, -0.1) is 0 Å². The highest BCUT2D eigenvalue weighted by Crippen LogP contribution is 2.30. The van der Waals surface area contributed by atoms with E-state index >= 15 is 0 Å². The molecule has 0 aromatic heterocycles. The number of halogens is 1. The van der Waals surface area contributed by atoms with Crippen molar-refractivity contribution in [2.75, 3.05) is 17.7 Å². The van der Waals surface area contributed by atoms with E-state index in [9.17, 15) is 4.79 Å². The fourth-order valence-corrected chi connectivity index (χ4v) is 3.71. The zero-order valence-corrected chi connectivity index (χ0v) is 20.3. The van der Waals surface area contributed by atoms with Gasteiger partial charge in [-0.3, -0.25) is 0 Å². The van der Waals surface area contributed by atoms with Gasteiger partial charge < -0.3 is 15.4 Å². The highest BCUT2D eigenvalue weighted by Gasteiger charge is 2.10. The fourth-order valence-electron chi connectivity index (χ4n) is 3.47. The van der Waals surface area contributed by atoms with Crippen molar-refractivity contribution in [3.63, 3.8) is 0 Å². The highest BCUT2D eigenvalue weighted by atomic mass is 35.5. The third kappa shape index (κ3) is 6.40. The third-order valence-corrected chi connectivity index (χ3v) is 5.72. The Balaban J connectivity index is 1.89. The molecule has 3 aromatic rings. The minimum absolute atomic E-state index is 0.388. The van der Waals surface area contributed by atoms with Crippen molar-refractivity contribution >= 4 is 41.1 Å². The van der Waals surface area contributed by atoms with E-state index in [0.717, 1.165) is 39.9 Å². The SMILES string of the molecule is C=Cc1cc(-c2ccc(CN(/C=C\CC)c3cccc(/C=C/C(=O)OC)c3)c(Cl)c2)ccc1N. The van der Waals surface area contributed by atoms with Gasteiger partial charge in [0.2, 0.25) is 0 Å². The molecule has 0 bridgehead atoms. The summed E-state index contributed by atoms with van der Waals surface area (Å²) in [6, 6.07) is 19.9. The Kier molecular flexibility index (Phi) is 8.72. The molecule has 0 atom stereocenters. The number of allylic oxidation sites excluding steroid dienone is 1. The van der Waals surface area contributed by atoms with Crippen LogP contribution >= 0.6 is 11.6 Å². The van der Waals surface area contributed by atoms with Crippen LogP contribution in [0.15, 0.2) is 85.6 Å². The number of carbonyl (C=O) groups excluding carboxylic acids is 1. The Morgan fingerprint density at radius 1 is 1.12 bits per heavy atom. The largest absolute Gasteiger partial charge is 0.466 e. The molecule has 0 radical (unpaired) electrons. The summed E-state index contributed by atoms with van der Waals surface area (Å²) < 4.78 is 4.68. The molecule has 0 aliphatic rings. The highest BCUT2D eigenvalue weighted by molar-refractivity contribution is 6.31. The normalized spacial score (nSPS) is 11.1. The van der Waals surface area contributed by atoms with E-state index in [1.807, 2.05) is 48.5 Å². The summed E-state index contributed by atoms with van der Waals surface area (Å²) in [5, 5.41) is 0.686. The molecule has 2 N–H and O–H groups in total. The molecule has 0 saturated heterocycles. The minimum atomic E-state index is -0.388. The van der Waals surface area contributed by atoms with Crippen LogP contribution in [-0.2, 0) is 16.1 Å². The molecule has 0 amide bonds. The Labute approximate surface area is 206 Å². The predicted molar refractivity (Wildman–Crippen MR) is 144 cm³/mol. The standard InChI is InChI=1S/C29H29ClN2O2/c1-4-6-16-32(26-9-7-8-21(17-26)10-15-29(33)34-3)20-25-12-11-24(19-27(25)30)23-13-14-28(31)22(5-2)18-23/h5-19H,2,4,20,31H2,1,3H3/b15-10+,16-6-. The van der Waals surface area contributed by atoms with Crippen LogP contribution in [0.5, 0.6) is 0 Å². The molecule has 174 valence electrons. The summed E-state index contributed by atoms with van der Waals surface area (Å²) in [5.41, 5.74) is 12.5. The van der Waals surface area contributed by atoms with Crippen LogP contribution in [0.25, 0.3) is 23.3 Å². The van der Waals surface area contributed by atoms with E-state index in [1.165, 1.54) is 13.2 Å². The first-order valence-corrected chi connectivity index (χ1v) is 11.4. The minimum Gasteiger partial charge on any atom is -0.466 e. The Bertz CT molecular complexity index is 1230. The Morgan fingerprint density at radius 3 is 2.59 bits per heavy atom. The van der Waals surface area contributed by atoms with E-state index in [1.54, 1.807) is 12.2 Å². The van der Waals surface area contributed by atoms with Gasteiger partial charge in [0.05, 0.1) is 7.11 Å². The van der Waals surface area contributed by atoms with Crippen molar-refractivity contribution < 1.29 is 9.53 Å². The quantitative estimate of drug-likeness (QED) is 0.201. The van der Waals surface area contributed by atoms with Gasteiger partial charge in [-0.05, 0) is 70.6 Å². The average Bonchev–Trinajstić information content (AvgIpc) is 2.86. The summed E-state index contributed by atoms with van der Waals surface area (Å²) in [6.45, 7) is 6.52. The van der Waals surface area contributed by atoms with Crippen LogP contribution in [0.3, 0.4) is 0 Å². The number of ether oxygens (including phenoxy) is 1. The van der Waals surface area contributed by atoms with Crippen LogP contribution in [0.1, 0.15) is 30.0 Å². The number of anilines is 2. The monoisotopic (exact) mass is 472 g/mol. The maximum atomic E-state index is 11.5. The molecular formula is C29H29ClN2O2. The summed E-state index contributed by atoms with van der Waals surface area (Å²) in [6.07, 6.45) is 9.97. The van der Waals surface area contributed by atoms with E-state index < -0.39 is 0 Å². The first kappa shape index (κ1) is 24.9. The first-order valence-electron chi connectivity index (χ1n) is 11.0. The number of carbonyl (C=O) groups is 1. The lowest BCUT2D eigenvalue weighted by atomic mass is 10.0. The van der Waals surface area contributed by atoms with Crippen LogP contribution in [0, 0.1) is 0 Å². The summed E-state index contributed by atoms with van der Waals surface area (Å²) in [4.78, 5) is 13.6. The van der Waals surface area contributed by atoms with Crippen molar-refractivity contribution in [2.24, 2.45) is 0 Å². The Hall–Kier alpha value is -3.76. The summed E-state index contributed by atoms with van der Waals surface area (Å²) in [7, 11) is 1.36. The molecule has 0 heterocycles. The number of hydrogen-bond acceptors (Lipinski definition) is 4. The number of rotatable bonds is 9. The molecule has 5 heteroatoms. The van der Waals surface area contributed by atoms with Crippen LogP contribution in [-0.4, -0.2) is 13.1 Å². The lowest BCUT2D eigenvalue weighted by molar-refractivity contribution is -0.134. The topological polar surface area (TPSA) is 55.6 Å². The maximum absolute atomic E-state index is 11.5. The smallest absolute Gasteiger partial charge is 0.330 e. The van der Waals surface area contributed by atoms with Crippen molar-refractivity contribution in [2.45, 2.75) is 19.9 Å². The predicted octanol–water partition coefficient (Wildman–Crippen LogP) is 7.35. The molecular weight excluding hydrogens is 444 g/mol. The van der Waals surface area contributed by atoms with Gasteiger partial charge in [-0.1, -0.05) is 67.6 Å². The van der Waals surface area contributed by atoms with Crippen molar-refractivity contribution in [1.82, 2.24) is 0 Å². The molecule has 0 aliphatic heterocycles. The molecule has 3 aromatic carbocycles. The second-order valence-corrected chi connectivity index (χ2v) is 8.13. The summed E-state index contributed by atoms with van der Waals surface area (Å²) in [5.74, 6) is -0.388. The van der Waals surface area contributed by atoms with Gasteiger partial charge >= 0.3 is 5.97 Å². The van der Waals surface area contributed by atoms with Crippen molar-refractivity contribution in [3.05, 3.63) is 107 Å². The first-order chi connectivity index (χ1) is 16.4. The number of esters is 1. The second kappa shape index (κ2) is 11.9. The average molecular weight is 473 g/mol. The molecule has 0 unspecified atom stereocenters. The van der Waals surface area contributed by atoms with E-state index in [4.69, 9.17) is 17.3 Å². The molecule has 0 spiro atoms. The molecule has 0 saturated carbocycles. The number of nitrogens with two attached hydrogens (primary N) is 1. The molecule has 4 nitrogen and oxygen atoms in total. The Morgan fingerprint density at radius 2 is 1.88 bits per heavy atom. The maximum Gasteiger partial charge on any atom is 0.330 e. The lowest BCUT2D eigenvalue weighted by Gasteiger charge is -2.22. The number of benzene rings is 3. The van der Waals surface area contributed by atoms with Gasteiger partial charge in [-0.2, -0.15) is 0 Å². The van der Waals surface area contributed by atoms with Crippen molar-refractivity contribution in [3.8, 4) is 11.1 Å². The fraction of sp³-hybridized carbons (Fsp3) is 0.138. The number of methoxy groups -OCH3 is 1. The molecule has 0 fully saturated rings. The van der Waals surface area contributed by atoms with E-state index in [-0.39, 0.29) is 5.97 Å². The number of nitrogen functional groups attached to an aromatic ring is 1. The summed E-state index contributed by atoms with van der Waals surface area (Å²) >= 11 is 6.72. The second-order valence-electron chi connectivity index (χ2n) is 7.73. The van der Waals surface area contributed by atoms with Gasteiger partial charge in [-0.25, -0.2) is 4.79 Å². The molecule has 0 aliphatic carbocycles. The third-order valence-electron chi connectivity index (χ3n) is 5.37. The number of nitrogens with zero attached hydrogens (tertiary/aromatic N) is 1.